The number of nitrogens with zero attached hydrogens (tertiary/aromatic N) is 1. The standard InChI is InChI=1S/C15H22N2O4/c1-15(2,3)20-9-10-21-16-14(19)11-5-4-7-17-8-6-12(18)13(11)17/h4-5H,6-10H2,1-3H3,(H,16,19). The van der Waals surface area contributed by atoms with Crippen molar-refractivity contribution in [3.63, 3.8) is 0 Å². The lowest BCUT2D eigenvalue weighted by Gasteiger charge is -2.22. The van der Waals surface area contributed by atoms with Crippen molar-refractivity contribution < 1.29 is 19.2 Å². The maximum absolute atomic E-state index is 12.1. The van der Waals surface area contributed by atoms with Gasteiger partial charge in [-0.15, -0.1) is 0 Å². The molecule has 1 fully saturated rings. The van der Waals surface area contributed by atoms with E-state index >= 15 is 0 Å². The number of ketones is 1. The molecule has 2 aliphatic rings. The molecule has 0 saturated carbocycles. The van der Waals surface area contributed by atoms with Crippen molar-refractivity contribution in [3.05, 3.63) is 23.4 Å². The largest absolute Gasteiger partial charge is 0.373 e. The monoisotopic (exact) mass is 294 g/mol. The molecule has 6 heteroatoms. The maximum Gasteiger partial charge on any atom is 0.277 e. The molecule has 0 aromatic rings. The van der Waals surface area contributed by atoms with Crippen LogP contribution in [0.2, 0.25) is 0 Å². The van der Waals surface area contributed by atoms with Gasteiger partial charge in [0.1, 0.15) is 0 Å². The fraction of sp³-hybridized carbons (Fsp3) is 0.600. The van der Waals surface area contributed by atoms with Crippen molar-refractivity contribution >= 4 is 11.7 Å². The molecule has 1 saturated heterocycles. The van der Waals surface area contributed by atoms with Crippen LogP contribution in [-0.4, -0.2) is 48.5 Å². The summed E-state index contributed by atoms with van der Waals surface area (Å²) in [6, 6.07) is 0. The lowest BCUT2D eigenvalue weighted by atomic mass is 10.1. The van der Waals surface area contributed by atoms with Crippen LogP contribution < -0.4 is 5.48 Å². The highest BCUT2D eigenvalue weighted by molar-refractivity contribution is 6.08. The second kappa shape index (κ2) is 6.41. The molecule has 1 N–H and O–H groups in total. The van der Waals surface area contributed by atoms with Crippen LogP contribution in [0.15, 0.2) is 23.4 Å². The predicted octanol–water partition coefficient (Wildman–Crippen LogP) is 0.948. The highest BCUT2D eigenvalue weighted by Crippen LogP contribution is 2.25. The Morgan fingerprint density at radius 2 is 2.14 bits per heavy atom. The number of ether oxygens (including phenoxy) is 1. The van der Waals surface area contributed by atoms with E-state index in [-0.39, 0.29) is 18.0 Å². The van der Waals surface area contributed by atoms with Gasteiger partial charge in [-0.05, 0) is 26.8 Å². The van der Waals surface area contributed by atoms with E-state index in [4.69, 9.17) is 9.57 Å². The van der Waals surface area contributed by atoms with Gasteiger partial charge in [0, 0.05) is 19.5 Å². The summed E-state index contributed by atoms with van der Waals surface area (Å²) in [5.74, 6) is -0.377. The van der Waals surface area contributed by atoms with Crippen LogP contribution in [0.1, 0.15) is 27.2 Å². The second-order valence-corrected chi connectivity index (χ2v) is 6.02. The normalized spacial score (nSPS) is 18.2. The van der Waals surface area contributed by atoms with Gasteiger partial charge in [0.2, 0.25) is 0 Å². The molecule has 0 aromatic heterocycles. The van der Waals surface area contributed by atoms with Crippen molar-refractivity contribution in [1.82, 2.24) is 10.4 Å². The molecular formula is C15H22N2O4. The highest BCUT2D eigenvalue weighted by atomic mass is 16.7. The summed E-state index contributed by atoms with van der Waals surface area (Å²) in [7, 11) is 0. The molecule has 0 unspecified atom stereocenters. The fourth-order valence-electron chi connectivity index (χ4n) is 2.27. The first-order chi connectivity index (χ1) is 9.88. The first kappa shape index (κ1) is 15.7. The molecule has 6 nitrogen and oxygen atoms in total. The third-order valence-corrected chi connectivity index (χ3v) is 3.18. The number of carbonyl (C=O) groups is 2. The molecule has 116 valence electrons. The smallest absolute Gasteiger partial charge is 0.277 e. The molecule has 0 radical (unpaired) electrons. The van der Waals surface area contributed by atoms with Crippen LogP contribution in [0.3, 0.4) is 0 Å². The van der Waals surface area contributed by atoms with Gasteiger partial charge in [0.05, 0.1) is 30.1 Å². The van der Waals surface area contributed by atoms with Crippen molar-refractivity contribution in [2.45, 2.75) is 32.8 Å². The Morgan fingerprint density at radius 1 is 1.38 bits per heavy atom. The zero-order chi connectivity index (χ0) is 15.5. The number of fused-ring (bicyclic) bond motifs is 1. The van der Waals surface area contributed by atoms with Gasteiger partial charge >= 0.3 is 0 Å². The number of hydroxylamine groups is 1. The Kier molecular flexibility index (Phi) is 4.80. The fourth-order valence-corrected chi connectivity index (χ4v) is 2.27. The van der Waals surface area contributed by atoms with E-state index in [9.17, 15) is 9.59 Å². The number of Topliss-reactive ketones (excluding diaryl/α,β-unsaturated/α-hetero) is 1. The number of hydrogen-bond donors (Lipinski definition) is 1. The maximum atomic E-state index is 12.1. The van der Waals surface area contributed by atoms with Crippen LogP contribution in [0.25, 0.3) is 0 Å². The predicted molar refractivity (Wildman–Crippen MR) is 77.2 cm³/mol. The van der Waals surface area contributed by atoms with Gasteiger partial charge in [0.15, 0.2) is 5.78 Å². The minimum absolute atomic E-state index is 0.0144. The topological polar surface area (TPSA) is 67.9 Å². The van der Waals surface area contributed by atoms with E-state index in [1.54, 1.807) is 6.08 Å². The average molecular weight is 294 g/mol. The van der Waals surface area contributed by atoms with Crippen molar-refractivity contribution in [2.75, 3.05) is 26.3 Å². The SMILES string of the molecule is CC(C)(C)OCCONC(=O)C1=C2C(=O)CCN2CC=C1. The molecule has 0 bridgehead atoms. The van der Waals surface area contributed by atoms with Crippen molar-refractivity contribution in [2.24, 2.45) is 0 Å². The molecule has 0 spiro atoms. The molecule has 21 heavy (non-hydrogen) atoms. The molecule has 0 aromatic carbocycles. The average Bonchev–Trinajstić information content (AvgIpc) is 2.79. The van der Waals surface area contributed by atoms with Gasteiger partial charge in [-0.2, -0.15) is 0 Å². The molecule has 0 atom stereocenters. The van der Waals surface area contributed by atoms with E-state index in [0.717, 1.165) is 0 Å². The number of rotatable bonds is 5. The van der Waals surface area contributed by atoms with Crippen LogP contribution in [0.4, 0.5) is 0 Å². The van der Waals surface area contributed by atoms with E-state index in [1.807, 2.05) is 31.7 Å². The van der Waals surface area contributed by atoms with Gasteiger partial charge in [-0.1, -0.05) is 6.08 Å². The molecule has 2 rings (SSSR count). The van der Waals surface area contributed by atoms with Gasteiger partial charge in [0.25, 0.3) is 5.91 Å². The summed E-state index contributed by atoms with van der Waals surface area (Å²) in [5.41, 5.74) is 3.01. The van der Waals surface area contributed by atoms with Crippen LogP contribution in [0, 0.1) is 0 Å². The van der Waals surface area contributed by atoms with Crippen molar-refractivity contribution in [3.8, 4) is 0 Å². The number of nitrogens with one attached hydrogen (secondary N) is 1. The van der Waals surface area contributed by atoms with Crippen LogP contribution in [-0.2, 0) is 19.2 Å². The van der Waals surface area contributed by atoms with Crippen LogP contribution in [0.5, 0.6) is 0 Å². The first-order valence-corrected chi connectivity index (χ1v) is 7.13. The van der Waals surface area contributed by atoms with Gasteiger partial charge in [-0.25, -0.2) is 5.48 Å². The first-order valence-electron chi connectivity index (χ1n) is 7.13. The summed E-state index contributed by atoms with van der Waals surface area (Å²) < 4.78 is 5.48. The number of hydrogen-bond acceptors (Lipinski definition) is 5. The molecule has 2 aliphatic heterocycles. The third kappa shape index (κ3) is 4.15. The van der Waals surface area contributed by atoms with Crippen LogP contribution >= 0.6 is 0 Å². The summed E-state index contributed by atoms with van der Waals surface area (Å²) in [6.07, 6.45) is 4.02. The third-order valence-electron chi connectivity index (χ3n) is 3.18. The Labute approximate surface area is 124 Å². The molecule has 1 amide bonds. The number of amides is 1. The minimum atomic E-state index is -0.392. The minimum Gasteiger partial charge on any atom is -0.373 e. The van der Waals surface area contributed by atoms with E-state index in [1.165, 1.54) is 0 Å². The number of carbonyl (C=O) groups excluding carboxylic acids is 2. The van der Waals surface area contributed by atoms with Gasteiger partial charge < -0.3 is 9.64 Å². The molecule has 2 heterocycles. The summed E-state index contributed by atoms with van der Waals surface area (Å²) in [6.45, 7) is 7.85. The lowest BCUT2D eigenvalue weighted by molar-refractivity contribution is -0.132. The van der Waals surface area contributed by atoms with Crippen molar-refractivity contribution in [1.29, 1.82) is 0 Å². The molecule has 0 aliphatic carbocycles. The van der Waals surface area contributed by atoms with E-state index in [0.29, 0.717) is 37.4 Å². The summed E-state index contributed by atoms with van der Waals surface area (Å²) in [5, 5.41) is 0. The second-order valence-electron chi connectivity index (χ2n) is 6.02. The Bertz CT molecular complexity index is 488. The Balaban J connectivity index is 1.84. The zero-order valence-electron chi connectivity index (χ0n) is 12.8. The molecular weight excluding hydrogens is 272 g/mol. The summed E-state index contributed by atoms with van der Waals surface area (Å²) >= 11 is 0. The highest BCUT2D eigenvalue weighted by Gasteiger charge is 2.31. The Hall–Kier alpha value is -1.66. The van der Waals surface area contributed by atoms with E-state index in [2.05, 4.69) is 5.48 Å². The lowest BCUT2D eigenvalue weighted by Crippen LogP contribution is -2.32. The Morgan fingerprint density at radius 3 is 2.86 bits per heavy atom. The van der Waals surface area contributed by atoms with Gasteiger partial charge in [-0.3, -0.25) is 14.4 Å². The number of allylic oxidation sites excluding steroid dienone is 1. The quantitative estimate of drug-likeness (QED) is 0.604. The zero-order valence-corrected chi connectivity index (χ0v) is 12.8. The van der Waals surface area contributed by atoms with E-state index < -0.39 is 5.91 Å². The summed E-state index contributed by atoms with van der Waals surface area (Å²) in [4.78, 5) is 30.9.